The maximum atomic E-state index is 11.4. The van der Waals surface area contributed by atoms with Crippen molar-refractivity contribution in [2.75, 3.05) is 7.11 Å². The second-order valence-corrected chi connectivity index (χ2v) is 3.94. The minimum atomic E-state index is -0.334. The van der Waals surface area contributed by atoms with Gasteiger partial charge in [-0.3, -0.25) is 5.10 Å². The molecule has 0 aliphatic rings. The molecule has 3 aromatic rings. The van der Waals surface area contributed by atoms with Crippen molar-refractivity contribution in [3.63, 3.8) is 0 Å². The summed E-state index contributed by atoms with van der Waals surface area (Å²) in [6, 6.07) is 9.23. The van der Waals surface area contributed by atoms with E-state index in [9.17, 15) is 4.79 Å². The van der Waals surface area contributed by atoms with E-state index in [1.807, 2.05) is 18.2 Å². The number of H-pyrrole nitrogens is 2. The monoisotopic (exact) mass is 241 g/mol. The zero-order valence-corrected chi connectivity index (χ0v) is 9.73. The number of rotatable bonds is 2. The van der Waals surface area contributed by atoms with Crippen molar-refractivity contribution in [1.82, 2.24) is 15.2 Å². The lowest BCUT2D eigenvalue weighted by molar-refractivity contribution is 0.0601. The van der Waals surface area contributed by atoms with E-state index in [4.69, 9.17) is 4.74 Å². The number of aromatic amines is 2. The van der Waals surface area contributed by atoms with Crippen LogP contribution in [-0.4, -0.2) is 28.3 Å². The van der Waals surface area contributed by atoms with Gasteiger partial charge in [0, 0.05) is 17.1 Å². The predicted molar refractivity (Wildman–Crippen MR) is 67.2 cm³/mol. The summed E-state index contributed by atoms with van der Waals surface area (Å²) >= 11 is 0. The summed E-state index contributed by atoms with van der Waals surface area (Å²) in [5, 5.41) is 7.83. The van der Waals surface area contributed by atoms with Crippen LogP contribution in [0.1, 0.15) is 10.4 Å². The van der Waals surface area contributed by atoms with Crippen LogP contribution in [0.15, 0.2) is 36.5 Å². The van der Waals surface area contributed by atoms with Crippen LogP contribution in [0.5, 0.6) is 0 Å². The molecule has 2 aromatic heterocycles. The first kappa shape index (κ1) is 10.6. The summed E-state index contributed by atoms with van der Waals surface area (Å²) in [7, 11) is 1.37. The molecule has 5 heteroatoms. The number of methoxy groups -OCH3 is 1. The standard InChI is InChI=1S/C13H11N3O2/c1-18-13(17)8-2-3-10-9(6-8)7-12(15-10)11-4-5-14-16-11/h2-7,15H,1H3,(H,14,16). The number of aromatic nitrogens is 3. The Kier molecular flexibility index (Phi) is 2.37. The number of carbonyl (C=O) groups excluding carboxylic acids is 1. The van der Waals surface area contributed by atoms with E-state index >= 15 is 0 Å². The molecule has 90 valence electrons. The van der Waals surface area contributed by atoms with Gasteiger partial charge in [-0.15, -0.1) is 0 Å². The average molecular weight is 241 g/mol. The molecule has 0 amide bonds. The third-order valence-corrected chi connectivity index (χ3v) is 2.82. The van der Waals surface area contributed by atoms with Crippen molar-refractivity contribution in [3.8, 4) is 11.4 Å². The maximum absolute atomic E-state index is 11.4. The van der Waals surface area contributed by atoms with Gasteiger partial charge in [0.15, 0.2) is 0 Å². The fourth-order valence-electron chi connectivity index (χ4n) is 1.93. The van der Waals surface area contributed by atoms with Crippen LogP contribution in [0.3, 0.4) is 0 Å². The lowest BCUT2D eigenvalue weighted by Crippen LogP contribution is -2.00. The van der Waals surface area contributed by atoms with Gasteiger partial charge in [-0.25, -0.2) is 4.79 Å². The minimum Gasteiger partial charge on any atom is -0.465 e. The molecule has 0 fully saturated rings. The van der Waals surface area contributed by atoms with Crippen molar-refractivity contribution in [1.29, 1.82) is 0 Å². The van der Waals surface area contributed by atoms with Gasteiger partial charge in [0.1, 0.15) is 5.69 Å². The van der Waals surface area contributed by atoms with E-state index in [0.717, 1.165) is 22.3 Å². The van der Waals surface area contributed by atoms with E-state index in [2.05, 4.69) is 15.2 Å². The largest absolute Gasteiger partial charge is 0.465 e. The number of hydrogen-bond donors (Lipinski definition) is 2. The van der Waals surface area contributed by atoms with Gasteiger partial charge < -0.3 is 9.72 Å². The van der Waals surface area contributed by atoms with Crippen LogP contribution >= 0.6 is 0 Å². The van der Waals surface area contributed by atoms with Crippen LogP contribution in [0.25, 0.3) is 22.3 Å². The Balaban J connectivity index is 2.10. The van der Waals surface area contributed by atoms with Gasteiger partial charge in [0.25, 0.3) is 0 Å². The van der Waals surface area contributed by atoms with Crippen LogP contribution < -0.4 is 0 Å². The van der Waals surface area contributed by atoms with E-state index in [1.165, 1.54) is 7.11 Å². The molecule has 18 heavy (non-hydrogen) atoms. The summed E-state index contributed by atoms with van der Waals surface area (Å²) in [4.78, 5) is 14.7. The van der Waals surface area contributed by atoms with Gasteiger partial charge in [-0.05, 0) is 30.3 Å². The summed E-state index contributed by atoms with van der Waals surface area (Å²) in [5.74, 6) is -0.334. The topological polar surface area (TPSA) is 70.8 Å². The van der Waals surface area contributed by atoms with Crippen LogP contribution in [0.2, 0.25) is 0 Å². The first-order valence-electron chi connectivity index (χ1n) is 5.49. The normalized spacial score (nSPS) is 10.7. The number of fused-ring (bicyclic) bond motifs is 1. The third kappa shape index (κ3) is 1.66. The fraction of sp³-hybridized carbons (Fsp3) is 0.0769. The summed E-state index contributed by atoms with van der Waals surface area (Å²) in [6.45, 7) is 0. The number of ether oxygens (including phenoxy) is 1. The van der Waals surface area contributed by atoms with E-state index in [-0.39, 0.29) is 5.97 Å². The van der Waals surface area contributed by atoms with Gasteiger partial charge in [-0.2, -0.15) is 5.10 Å². The molecule has 3 rings (SSSR count). The second kappa shape index (κ2) is 4.03. The number of carbonyl (C=O) groups is 1. The molecule has 2 N–H and O–H groups in total. The van der Waals surface area contributed by atoms with Crippen LogP contribution in [0, 0.1) is 0 Å². The Morgan fingerprint density at radius 1 is 1.28 bits per heavy atom. The zero-order valence-electron chi connectivity index (χ0n) is 9.73. The minimum absolute atomic E-state index is 0.334. The Bertz CT molecular complexity index is 698. The highest BCUT2D eigenvalue weighted by Gasteiger charge is 2.09. The first-order valence-corrected chi connectivity index (χ1v) is 5.49. The van der Waals surface area contributed by atoms with Crippen molar-refractivity contribution >= 4 is 16.9 Å². The number of nitrogens with zero attached hydrogens (tertiary/aromatic N) is 1. The zero-order chi connectivity index (χ0) is 12.5. The summed E-state index contributed by atoms with van der Waals surface area (Å²) in [6.07, 6.45) is 1.76. The lowest BCUT2D eigenvalue weighted by atomic mass is 10.1. The Labute approximate surface area is 103 Å². The van der Waals surface area contributed by atoms with Crippen molar-refractivity contribution < 1.29 is 9.53 Å². The van der Waals surface area contributed by atoms with Crippen LogP contribution in [-0.2, 0) is 4.74 Å². The van der Waals surface area contributed by atoms with Gasteiger partial charge in [0.05, 0.1) is 18.4 Å². The van der Waals surface area contributed by atoms with Crippen LogP contribution in [0.4, 0.5) is 0 Å². The quantitative estimate of drug-likeness (QED) is 0.676. The lowest BCUT2D eigenvalue weighted by Gasteiger charge is -1.98. The smallest absolute Gasteiger partial charge is 0.337 e. The molecular weight excluding hydrogens is 230 g/mol. The summed E-state index contributed by atoms with van der Waals surface area (Å²) in [5.41, 5.74) is 3.25. The highest BCUT2D eigenvalue weighted by atomic mass is 16.5. The Morgan fingerprint density at radius 3 is 2.89 bits per heavy atom. The average Bonchev–Trinajstić information content (AvgIpc) is 3.04. The molecule has 1 aromatic carbocycles. The molecule has 5 nitrogen and oxygen atoms in total. The highest BCUT2D eigenvalue weighted by Crippen LogP contribution is 2.23. The van der Waals surface area contributed by atoms with Crippen molar-refractivity contribution in [3.05, 3.63) is 42.1 Å². The highest BCUT2D eigenvalue weighted by molar-refractivity contribution is 5.95. The molecular formula is C13H11N3O2. The molecule has 0 aliphatic carbocycles. The molecule has 0 spiro atoms. The fourth-order valence-corrected chi connectivity index (χ4v) is 1.93. The van der Waals surface area contributed by atoms with Gasteiger partial charge >= 0.3 is 5.97 Å². The number of hydrogen-bond acceptors (Lipinski definition) is 3. The third-order valence-electron chi connectivity index (χ3n) is 2.82. The molecule has 2 heterocycles. The van der Waals surface area contributed by atoms with Crippen molar-refractivity contribution in [2.45, 2.75) is 0 Å². The second-order valence-electron chi connectivity index (χ2n) is 3.94. The SMILES string of the molecule is COC(=O)c1ccc2[nH]c(-c3cc[nH]n3)cc2c1. The molecule has 0 atom stereocenters. The molecule has 0 saturated heterocycles. The molecule has 0 bridgehead atoms. The predicted octanol–water partition coefficient (Wildman–Crippen LogP) is 2.34. The maximum Gasteiger partial charge on any atom is 0.337 e. The molecule has 0 aliphatic heterocycles. The molecule has 0 radical (unpaired) electrons. The van der Waals surface area contributed by atoms with E-state index in [1.54, 1.807) is 18.3 Å². The summed E-state index contributed by atoms with van der Waals surface area (Å²) < 4.78 is 4.70. The number of benzene rings is 1. The molecule has 0 saturated carbocycles. The van der Waals surface area contributed by atoms with Gasteiger partial charge in [-0.1, -0.05) is 0 Å². The first-order chi connectivity index (χ1) is 8.78. The Morgan fingerprint density at radius 2 is 2.17 bits per heavy atom. The Hall–Kier alpha value is -2.56. The number of nitrogens with one attached hydrogen (secondary N) is 2. The van der Waals surface area contributed by atoms with E-state index < -0.39 is 0 Å². The molecule has 0 unspecified atom stereocenters. The van der Waals surface area contributed by atoms with Crippen molar-refractivity contribution in [2.24, 2.45) is 0 Å². The van der Waals surface area contributed by atoms with Gasteiger partial charge in [0.2, 0.25) is 0 Å². The number of esters is 1. The van der Waals surface area contributed by atoms with E-state index in [0.29, 0.717) is 5.56 Å².